The molecule has 0 spiro atoms. The van der Waals surface area contributed by atoms with Crippen LogP contribution in [-0.4, -0.2) is 54.5 Å². The number of hydrogen-bond donors (Lipinski definition) is 0. The minimum Gasteiger partial charge on any atom is -0.371 e. The molecule has 0 radical (unpaired) electrons. The zero-order valence-corrected chi connectivity index (χ0v) is 19.5. The first-order valence-electron chi connectivity index (χ1n) is 11.4. The molecule has 2 fully saturated rings. The van der Waals surface area contributed by atoms with E-state index in [4.69, 9.17) is 4.74 Å². The van der Waals surface area contributed by atoms with Crippen LogP contribution in [0.4, 0.5) is 30.7 Å². The van der Waals surface area contributed by atoms with Crippen molar-refractivity contribution in [3.05, 3.63) is 70.5 Å². The number of rotatable bonds is 5. The van der Waals surface area contributed by atoms with Crippen molar-refractivity contribution in [1.29, 1.82) is 0 Å². The fourth-order valence-electron chi connectivity index (χ4n) is 5.10. The standard InChI is InChI=1S/C25H25F7N2O2/c1-33(2)19-10-20-23(15-3-5-18(26)6-4-15)21(12-34(20)22(35)11-19)36-13-14-7-16(24(27,28)29)9-17(8-14)25(30,31)32/h3-9,19-21,23H,10-13H2,1-2H3. The molecule has 196 valence electrons. The first-order chi connectivity index (χ1) is 16.7. The van der Waals surface area contributed by atoms with Crippen LogP contribution < -0.4 is 0 Å². The highest BCUT2D eigenvalue weighted by atomic mass is 19.4. The molecule has 2 aliphatic heterocycles. The molecule has 0 saturated carbocycles. The summed E-state index contributed by atoms with van der Waals surface area (Å²) in [4.78, 5) is 16.5. The number of halogens is 7. The van der Waals surface area contributed by atoms with E-state index < -0.39 is 47.9 Å². The Morgan fingerprint density at radius 3 is 2.08 bits per heavy atom. The van der Waals surface area contributed by atoms with Crippen LogP contribution in [0.25, 0.3) is 0 Å². The molecule has 0 aliphatic carbocycles. The highest BCUT2D eigenvalue weighted by molar-refractivity contribution is 5.79. The second-order valence-corrected chi connectivity index (χ2v) is 9.51. The molecular formula is C25H25F7N2O2. The van der Waals surface area contributed by atoms with E-state index in [0.717, 1.165) is 0 Å². The molecule has 2 saturated heterocycles. The Labute approximate surface area is 203 Å². The molecule has 11 heteroatoms. The number of piperidine rings is 1. The van der Waals surface area contributed by atoms with Crippen LogP contribution in [0.1, 0.15) is 41.0 Å². The molecule has 4 atom stereocenters. The quantitative estimate of drug-likeness (QED) is 0.493. The van der Waals surface area contributed by atoms with Crippen molar-refractivity contribution in [3.8, 4) is 0 Å². The van der Waals surface area contributed by atoms with Gasteiger partial charge in [0.1, 0.15) is 5.82 Å². The highest BCUT2D eigenvalue weighted by Gasteiger charge is 2.49. The normalized spacial score (nSPS) is 24.9. The Morgan fingerprint density at radius 2 is 1.56 bits per heavy atom. The van der Waals surface area contributed by atoms with Gasteiger partial charge in [-0.1, -0.05) is 12.1 Å². The fraction of sp³-hybridized carbons (Fsp3) is 0.480. The lowest BCUT2D eigenvalue weighted by molar-refractivity contribution is -0.143. The molecule has 1 amide bonds. The topological polar surface area (TPSA) is 32.8 Å². The van der Waals surface area contributed by atoms with E-state index in [9.17, 15) is 35.5 Å². The number of nitrogens with zero attached hydrogens (tertiary/aromatic N) is 2. The average Bonchev–Trinajstić information content (AvgIpc) is 3.16. The van der Waals surface area contributed by atoms with Crippen molar-refractivity contribution >= 4 is 5.91 Å². The number of amides is 1. The van der Waals surface area contributed by atoms with Crippen LogP contribution >= 0.6 is 0 Å². The molecular weight excluding hydrogens is 493 g/mol. The van der Waals surface area contributed by atoms with Crippen LogP contribution in [0.2, 0.25) is 0 Å². The van der Waals surface area contributed by atoms with Crippen molar-refractivity contribution in [3.63, 3.8) is 0 Å². The molecule has 4 unspecified atom stereocenters. The molecule has 4 rings (SSSR count). The third kappa shape index (κ3) is 5.51. The Kier molecular flexibility index (Phi) is 7.09. The number of carbonyl (C=O) groups excluding carboxylic acids is 1. The van der Waals surface area contributed by atoms with Crippen LogP contribution in [0.15, 0.2) is 42.5 Å². The number of hydrogen-bond acceptors (Lipinski definition) is 3. The van der Waals surface area contributed by atoms with Gasteiger partial charge in [0.25, 0.3) is 0 Å². The smallest absolute Gasteiger partial charge is 0.371 e. The fourth-order valence-corrected chi connectivity index (χ4v) is 5.10. The van der Waals surface area contributed by atoms with Crippen molar-refractivity contribution in [2.45, 2.75) is 55.9 Å². The Morgan fingerprint density at radius 1 is 0.972 bits per heavy atom. The van der Waals surface area contributed by atoms with Crippen LogP contribution in [0.5, 0.6) is 0 Å². The van der Waals surface area contributed by atoms with Gasteiger partial charge in [-0.25, -0.2) is 4.39 Å². The number of ether oxygens (including phenoxy) is 1. The van der Waals surface area contributed by atoms with E-state index in [1.165, 1.54) is 12.1 Å². The van der Waals surface area contributed by atoms with Gasteiger partial charge in [0.2, 0.25) is 5.91 Å². The molecule has 2 heterocycles. The first-order valence-corrected chi connectivity index (χ1v) is 11.4. The van der Waals surface area contributed by atoms with Crippen molar-refractivity contribution in [2.24, 2.45) is 0 Å². The lowest BCUT2D eigenvalue weighted by Gasteiger charge is -2.39. The first kappa shape index (κ1) is 26.4. The summed E-state index contributed by atoms with van der Waals surface area (Å²) in [6, 6.07) is 6.66. The highest BCUT2D eigenvalue weighted by Crippen LogP contribution is 2.42. The summed E-state index contributed by atoms with van der Waals surface area (Å²) in [5.74, 6) is -0.993. The van der Waals surface area contributed by atoms with Crippen molar-refractivity contribution in [1.82, 2.24) is 9.80 Å². The van der Waals surface area contributed by atoms with E-state index in [2.05, 4.69) is 0 Å². The second-order valence-electron chi connectivity index (χ2n) is 9.51. The maximum atomic E-state index is 13.6. The number of fused-ring (bicyclic) bond motifs is 1. The lowest BCUT2D eigenvalue weighted by atomic mass is 9.84. The predicted octanol–water partition coefficient (Wildman–Crippen LogP) is 5.47. The van der Waals surface area contributed by atoms with E-state index in [-0.39, 0.29) is 42.6 Å². The monoisotopic (exact) mass is 518 g/mol. The van der Waals surface area contributed by atoms with Gasteiger partial charge < -0.3 is 14.5 Å². The zero-order valence-electron chi connectivity index (χ0n) is 19.5. The average molecular weight is 518 g/mol. The van der Waals surface area contributed by atoms with Crippen LogP contribution in [-0.2, 0) is 28.5 Å². The molecule has 0 N–H and O–H groups in total. The van der Waals surface area contributed by atoms with Crippen molar-refractivity contribution < 1.29 is 40.3 Å². The summed E-state index contributed by atoms with van der Waals surface area (Å²) in [5, 5.41) is 0. The summed E-state index contributed by atoms with van der Waals surface area (Å²) < 4.78 is 99.0. The Balaban J connectivity index is 1.64. The van der Waals surface area contributed by atoms with Gasteiger partial charge in [-0.2, -0.15) is 26.3 Å². The van der Waals surface area contributed by atoms with E-state index in [1.807, 2.05) is 19.0 Å². The third-order valence-electron chi connectivity index (χ3n) is 6.93. The van der Waals surface area contributed by atoms with Gasteiger partial charge in [0.05, 0.1) is 23.8 Å². The van der Waals surface area contributed by atoms with Crippen molar-refractivity contribution in [2.75, 3.05) is 20.6 Å². The molecule has 36 heavy (non-hydrogen) atoms. The van der Waals surface area contributed by atoms with Gasteiger partial charge in [-0.15, -0.1) is 0 Å². The zero-order chi connectivity index (χ0) is 26.4. The van der Waals surface area contributed by atoms with E-state index >= 15 is 0 Å². The maximum Gasteiger partial charge on any atom is 0.416 e. The summed E-state index contributed by atoms with van der Waals surface area (Å²) >= 11 is 0. The van der Waals surface area contributed by atoms with Gasteiger partial charge in [-0.05, 0) is 62.0 Å². The van der Waals surface area contributed by atoms with E-state index in [1.54, 1.807) is 17.0 Å². The second kappa shape index (κ2) is 9.66. The van der Waals surface area contributed by atoms with Gasteiger partial charge in [-0.3, -0.25) is 4.79 Å². The van der Waals surface area contributed by atoms with Crippen LogP contribution in [0, 0.1) is 5.82 Å². The van der Waals surface area contributed by atoms with Gasteiger partial charge in [0.15, 0.2) is 0 Å². The number of benzene rings is 2. The Bertz CT molecular complexity index is 1070. The largest absolute Gasteiger partial charge is 0.416 e. The number of carbonyl (C=O) groups is 1. The predicted molar refractivity (Wildman–Crippen MR) is 116 cm³/mol. The van der Waals surface area contributed by atoms with Gasteiger partial charge in [0, 0.05) is 31.0 Å². The molecule has 2 aliphatic rings. The summed E-state index contributed by atoms with van der Waals surface area (Å²) in [6.45, 7) is -0.377. The lowest BCUT2D eigenvalue weighted by Crippen LogP contribution is -2.49. The third-order valence-corrected chi connectivity index (χ3v) is 6.93. The maximum absolute atomic E-state index is 13.6. The molecule has 2 aromatic carbocycles. The molecule has 2 aromatic rings. The van der Waals surface area contributed by atoms with E-state index in [0.29, 0.717) is 24.1 Å². The van der Waals surface area contributed by atoms with Gasteiger partial charge >= 0.3 is 12.4 Å². The summed E-state index contributed by atoms with van der Waals surface area (Å²) in [6.07, 6.45) is -9.74. The minimum atomic E-state index is -4.96. The summed E-state index contributed by atoms with van der Waals surface area (Å²) in [7, 11) is 3.71. The van der Waals surface area contributed by atoms with Crippen LogP contribution in [0.3, 0.4) is 0 Å². The molecule has 4 nitrogen and oxygen atoms in total. The Hall–Kier alpha value is -2.66. The minimum absolute atomic E-state index is 0.0433. The SMILES string of the molecule is CN(C)C1CC(=O)N2CC(OCc3cc(C(F)(F)F)cc(C(F)(F)F)c3)C(c3ccc(F)cc3)C2C1. The molecule has 0 bridgehead atoms. The molecule has 0 aromatic heterocycles. The number of alkyl halides is 6. The summed E-state index contributed by atoms with van der Waals surface area (Å²) in [5.41, 5.74) is -2.43.